The molecule has 1 atom stereocenters. The minimum Gasteiger partial charge on any atom is -0.351 e. The van der Waals surface area contributed by atoms with Gasteiger partial charge in [-0.2, -0.15) is 4.80 Å². The molecule has 2 aromatic heterocycles. The molecule has 2 aromatic carbocycles. The van der Waals surface area contributed by atoms with Gasteiger partial charge in [0.25, 0.3) is 0 Å². The summed E-state index contributed by atoms with van der Waals surface area (Å²) >= 11 is 0. The van der Waals surface area contributed by atoms with E-state index in [4.69, 9.17) is 0 Å². The van der Waals surface area contributed by atoms with Gasteiger partial charge in [0.15, 0.2) is 6.04 Å². The topological polar surface area (TPSA) is 106 Å². The Morgan fingerprint density at radius 2 is 1.80 bits per heavy atom. The van der Waals surface area contributed by atoms with Crippen LogP contribution in [0, 0.1) is 6.92 Å². The summed E-state index contributed by atoms with van der Waals surface area (Å²) in [6.45, 7) is 2.23. The van der Waals surface area contributed by atoms with Gasteiger partial charge in [-0.1, -0.05) is 85.5 Å². The second kappa shape index (κ2) is 13.1. The maximum absolute atomic E-state index is 13.9. The minimum absolute atomic E-state index is 0.103. The van der Waals surface area contributed by atoms with Crippen LogP contribution in [0.4, 0.5) is 0 Å². The van der Waals surface area contributed by atoms with Gasteiger partial charge in [-0.15, -0.1) is 10.2 Å². The molecule has 9 nitrogen and oxygen atoms in total. The molecule has 1 saturated carbocycles. The van der Waals surface area contributed by atoms with E-state index in [9.17, 15) is 9.59 Å². The van der Waals surface area contributed by atoms with E-state index in [2.05, 4.69) is 31.8 Å². The van der Waals surface area contributed by atoms with Crippen LogP contribution in [0.25, 0.3) is 11.4 Å². The summed E-state index contributed by atoms with van der Waals surface area (Å²) in [4.78, 5) is 35.2. The SMILES string of the molecule is Cc1cccc(CCN(C(=O)Cn2nnc(-c3ccccc3)n2)C(C(=O)NC2CCCCC2)c2ccccn2)c1. The number of hydrogen-bond donors (Lipinski definition) is 1. The predicted octanol–water partition coefficient (Wildman–Crippen LogP) is 4.31. The van der Waals surface area contributed by atoms with E-state index >= 15 is 0 Å². The number of tetrazole rings is 1. The predicted molar refractivity (Wildman–Crippen MR) is 152 cm³/mol. The van der Waals surface area contributed by atoms with Crippen molar-refractivity contribution in [1.82, 2.24) is 35.4 Å². The average molecular weight is 538 g/mol. The van der Waals surface area contributed by atoms with Crippen LogP contribution in [0.5, 0.6) is 0 Å². The lowest BCUT2D eigenvalue weighted by atomic mass is 9.95. The van der Waals surface area contributed by atoms with Crippen molar-refractivity contribution in [2.45, 2.75) is 64.1 Å². The summed E-state index contributed by atoms with van der Waals surface area (Å²) in [5.41, 5.74) is 3.59. The number of nitrogens with zero attached hydrogens (tertiary/aromatic N) is 6. The summed E-state index contributed by atoms with van der Waals surface area (Å²) in [6.07, 6.45) is 7.52. The Labute approximate surface area is 234 Å². The molecule has 0 saturated heterocycles. The van der Waals surface area contributed by atoms with E-state index < -0.39 is 6.04 Å². The highest BCUT2D eigenvalue weighted by Gasteiger charge is 2.34. The van der Waals surface area contributed by atoms with Crippen LogP contribution in [-0.4, -0.2) is 54.5 Å². The van der Waals surface area contributed by atoms with Crippen LogP contribution in [0.3, 0.4) is 0 Å². The number of rotatable bonds is 10. The summed E-state index contributed by atoms with van der Waals surface area (Å²) in [7, 11) is 0. The van der Waals surface area contributed by atoms with E-state index in [0.29, 0.717) is 24.5 Å². The standard InChI is InChI=1S/C31H35N7O2/c1-23-11-10-12-24(21-23)18-20-37(28(39)22-38-35-30(34-36-38)25-13-4-2-5-14-25)29(27-17-8-9-19-32-27)31(40)33-26-15-6-3-7-16-26/h2,4-5,8-14,17,19,21,26,29H,3,6-7,15-16,18,20,22H2,1H3,(H,33,40). The number of carbonyl (C=O) groups excluding carboxylic acids is 2. The Hall–Kier alpha value is -4.40. The van der Waals surface area contributed by atoms with Gasteiger partial charge in [0.1, 0.15) is 6.54 Å². The third-order valence-electron chi connectivity index (χ3n) is 7.29. The molecule has 1 aliphatic rings. The lowest BCUT2D eigenvalue weighted by Crippen LogP contribution is -2.48. The molecule has 1 aliphatic carbocycles. The Morgan fingerprint density at radius 1 is 1.00 bits per heavy atom. The van der Waals surface area contributed by atoms with E-state index in [0.717, 1.165) is 42.4 Å². The fraction of sp³-hybridized carbons (Fsp3) is 0.355. The van der Waals surface area contributed by atoms with Gasteiger partial charge in [0.2, 0.25) is 17.6 Å². The average Bonchev–Trinajstić information content (AvgIpc) is 3.45. The second-order valence-corrected chi connectivity index (χ2v) is 10.3. The molecule has 40 heavy (non-hydrogen) atoms. The molecule has 1 unspecified atom stereocenters. The first-order valence-electron chi connectivity index (χ1n) is 14.0. The van der Waals surface area contributed by atoms with Crippen molar-refractivity contribution in [3.8, 4) is 11.4 Å². The van der Waals surface area contributed by atoms with Crippen LogP contribution in [0.1, 0.15) is 55.0 Å². The molecule has 9 heteroatoms. The van der Waals surface area contributed by atoms with Crippen molar-refractivity contribution in [3.63, 3.8) is 0 Å². The van der Waals surface area contributed by atoms with Crippen molar-refractivity contribution in [2.24, 2.45) is 0 Å². The van der Waals surface area contributed by atoms with Crippen molar-refractivity contribution in [1.29, 1.82) is 0 Å². The van der Waals surface area contributed by atoms with Crippen LogP contribution in [0.2, 0.25) is 0 Å². The fourth-order valence-electron chi connectivity index (χ4n) is 5.24. The molecule has 1 N–H and O–H groups in total. The van der Waals surface area contributed by atoms with Gasteiger partial charge in [-0.25, -0.2) is 0 Å². The Kier molecular flexibility index (Phi) is 8.90. The third-order valence-corrected chi connectivity index (χ3v) is 7.29. The first-order valence-corrected chi connectivity index (χ1v) is 14.0. The molecule has 0 bridgehead atoms. The van der Waals surface area contributed by atoms with Gasteiger partial charge in [0, 0.05) is 24.3 Å². The van der Waals surface area contributed by atoms with Gasteiger partial charge in [-0.05, 0) is 49.1 Å². The molecule has 4 aromatic rings. The largest absolute Gasteiger partial charge is 0.351 e. The normalized spacial score (nSPS) is 14.4. The summed E-state index contributed by atoms with van der Waals surface area (Å²) < 4.78 is 0. The number of amides is 2. The molecular formula is C31H35N7O2. The molecule has 5 rings (SSSR count). The van der Waals surface area contributed by atoms with Crippen molar-refractivity contribution in [2.75, 3.05) is 6.54 Å². The fourth-order valence-corrected chi connectivity index (χ4v) is 5.24. The zero-order valence-electron chi connectivity index (χ0n) is 22.8. The molecule has 0 radical (unpaired) electrons. The molecule has 0 aliphatic heterocycles. The summed E-state index contributed by atoms with van der Waals surface area (Å²) in [5, 5.41) is 15.9. The summed E-state index contributed by atoms with van der Waals surface area (Å²) in [6, 6.07) is 22.4. The van der Waals surface area contributed by atoms with Crippen LogP contribution in [-0.2, 0) is 22.6 Å². The van der Waals surface area contributed by atoms with Crippen LogP contribution >= 0.6 is 0 Å². The Bertz CT molecular complexity index is 1400. The Morgan fingerprint density at radius 3 is 2.55 bits per heavy atom. The first-order chi connectivity index (χ1) is 19.6. The van der Waals surface area contributed by atoms with Crippen LogP contribution in [0.15, 0.2) is 79.0 Å². The molecule has 206 valence electrons. The molecule has 2 amide bonds. The number of carbonyl (C=O) groups is 2. The number of benzene rings is 2. The third kappa shape index (κ3) is 6.97. The molecule has 1 fully saturated rings. The highest BCUT2D eigenvalue weighted by Crippen LogP contribution is 2.24. The van der Waals surface area contributed by atoms with Crippen molar-refractivity contribution >= 4 is 11.8 Å². The minimum atomic E-state index is -0.877. The number of nitrogens with one attached hydrogen (secondary N) is 1. The van der Waals surface area contributed by atoms with Crippen molar-refractivity contribution < 1.29 is 9.59 Å². The smallest absolute Gasteiger partial charge is 0.249 e. The zero-order chi connectivity index (χ0) is 27.7. The molecule has 0 spiro atoms. The van der Waals surface area contributed by atoms with Gasteiger partial charge in [-0.3, -0.25) is 14.6 Å². The quantitative estimate of drug-likeness (QED) is 0.323. The number of aromatic nitrogens is 5. The van der Waals surface area contributed by atoms with Gasteiger partial charge in [0.05, 0.1) is 5.69 Å². The molecule has 2 heterocycles. The van der Waals surface area contributed by atoms with Crippen molar-refractivity contribution in [3.05, 3.63) is 95.8 Å². The summed E-state index contributed by atoms with van der Waals surface area (Å²) in [5.74, 6) is -0.0464. The van der Waals surface area contributed by atoms with E-state index in [-0.39, 0.29) is 24.4 Å². The first kappa shape index (κ1) is 27.2. The number of hydrogen-bond acceptors (Lipinski definition) is 6. The maximum atomic E-state index is 13.9. The van der Waals surface area contributed by atoms with Crippen LogP contribution < -0.4 is 5.32 Å². The Balaban J connectivity index is 1.43. The zero-order valence-corrected chi connectivity index (χ0v) is 22.8. The maximum Gasteiger partial charge on any atom is 0.249 e. The molecular weight excluding hydrogens is 502 g/mol. The van der Waals surface area contributed by atoms with E-state index in [1.54, 1.807) is 17.2 Å². The van der Waals surface area contributed by atoms with E-state index in [1.807, 2.05) is 67.6 Å². The van der Waals surface area contributed by atoms with Gasteiger partial charge >= 0.3 is 0 Å². The number of aryl methyl sites for hydroxylation is 1. The lowest BCUT2D eigenvalue weighted by molar-refractivity contribution is -0.142. The lowest BCUT2D eigenvalue weighted by Gasteiger charge is -2.32. The van der Waals surface area contributed by atoms with E-state index in [1.165, 1.54) is 11.2 Å². The monoisotopic (exact) mass is 537 g/mol. The number of pyridine rings is 1. The highest BCUT2D eigenvalue weighted by molar-refractivity contribution is 5.88. The highest BCUT2D eigenvalue weighted by atomic mass is 16.2. The van der Waals surface area contributed by atoms with Gasteiger partial charge < -0.3 is 10.2 Å². The second-order valence-electron chi connectivity index (χ2n) is 10.3.